The van der Waals surface area contributed by atoms with Gasteiger partial charge in [0.1, 0.15) is 35.3 Å². The van der Waals surface area contributed by atoms with Gasteiger partial charge < -0.3 is 24.7 Å². The van der Waals surface area contributed by atoms with E-state index in [2.05, 4.69) is 10.3 Å². The molecule has 4 aromatic rings. The Hall–Kier alpha value is -3.14. The number of fused-ring (bicyclic) bond motifs is 3. The van der Waals surface area contributed by atoms with E-state index in [-0.39, 0.29) is 53.5 Å². The standard InChI is InChI=1S/C27H23F2N3O4.Na/c1-2-24-31-26-19(29)9-15(28)10-22(26)32(24)21-5-3-4-18-20(13-36-27(18)21)30-16-6-7-17-14(8-25(33)34)12-35-23(17)11-16;/h3-7,9-11,14,20,30H,2,8,12-13H2,1H3,(H,33,34);/q;+1/p-1/t14-,20-;/m1./s1. The Kier molecular flexibility index (Phi) is 6.87. The number of aromatic nitrogens is 2. The predicted octanol–water partition coefficient (Wildman–Crippen LogP) is 1.03. The number of hydrogen-bond donors (Lipinski definition) is 1. The zero-order valence-corrected chi connectivity index (χ0v) is 22.4. The van der Waals surface area contributed by atoms with Crippen molar-refractivity contribution < 1.29 is 57.7 Å². The quantitative estimate of drug-likeness (QED) is 0.388. The third kappa shape index (κ3) is 4.45. The summed E-state index contributed by atoms with van der Waals surface area (Å²) in [4.78, 5) is 15.4. The molecule has 0 saturated carbocycles. The van der Waals surface area contributed by atoms with Gasteiger partial charge in [-0.05, 0) is 18.6 Å². The largest absolute Gasteiger partial charge is 1.00 e. The number of ether oxygens (including phenoxy) is 2. The molecule has 0 fully saturated rings. The zero-order chi connectivity index (χ0) is 25.0. The second-order valence-electron chi connectivity index (χ2n) is 9.01. The monoisotopic (exact) mass is 513 g/mol. The Balaban J connectivity index is 0.00000280. The van der Waals surface area contributed by atoms with Crippen LogP contribution in [0.1, 0.15) is 42.3 Å². The van der Waals surface area contributed by atoms with Gasteiger partial charge in [-0.25, -0.2) is 13.8 Å². The van der Waals surface area contributed by atoms with Crippen LogP contribution < -0.4 is 49.5 Å². The number of carboxylic acids is 1. The molecule has 1 N–H and O–H groups in total. The number of carbonyl (C=O) groups excluding carboxylic acids is 1. The van der Waals surface area contributed by atoms with E-state index in [1.807, 2.05) is 43.3 Å². The number of halogens is 2. The Morgan fingerprint density at radius 3 is 2.76 bits per heavy atom. The number of carbonyl (C=O) groups is 1. The van der Waals surface area contributed by atoms with E-state index in [9.17, 15) is 18.7 Å². The maximum absolute atomic E-state index is 14.5. The molecule has 184 valence electrons. The average Bonchev–Trinajstić information content (AvgIpc) is 3.54. The van der Waals surface area contributed by atoms with Crippen LogP contribution in [0.5, 0.6) is 11.5 Å². The fourth-order valence-electron chi connectivity index (χ4n) is 5.12. The molecule has 37 heavy (non-hydrogen) atoms. The Labute approximate surface area is 233 Å². The van der Waals surface area contributed by atoms with Crippen molar-refractivity contribution in [1.29, 1.82) is 0 Å². The summed E-state index contributed by atoms with van der Waals surface area (Å²) in [5.41, 5.74) is 3.70. The first-order valence-electron chi connectivity index (χ1n) is 11.8. The molecule has 2 aliphatic rings. The van der Waals surface area contributed by atoms with Gasteiger partial charge >= 0.3 is 29.6 Å². The van der Waals surface area contributed by atoms with E-state index < -0.39 is 17.6 Å². The summed E-state index contributed by atoms with van der Waals surface area (Å²) in [6.45, 7) is 2.58. The zero-order valence-electron chi connectivity index (χ0n) is 20.4. The number of nitrogens with one attached hydrogen (secondary N) is 1. The second kappa shape index (κ2) is 9.96. The van der Waals surface area contributed by atoms with E-state index in [0.29, 0.717) is 48.2 Å². The van der Waals surface area contributed by atoms with Crippen LogP contribution >= 0.6 is 0 Å². The fourth-order valence-corrected chi connectivity index (χ4v) is 5.12. The van der Waals surface area contributed by atoms with E-state index in [0.717, 1.165) is 22.9 Å². The SMILES string of the molecule is CCc1nc2c(F)cc(F)cc2n1-c1cccc2c1OC[C@H]2Nc1ccc2c(c1)OC[C@H]2CC(=O)[O-].[Na+]. The van der Waals surface area contributed by atoms with Crippen LogP contribution in [0.25, 0.3) is 16.7 Å². The minimum atomic E-state index is -1.10. The molecule has 0 radical (unpaired) electrons. The van der Waals surface area contributed by atoms with Gasteiger partial charge in [-0.2, -0.15) is 0 Å². The summed E-state index contributed by atoms with van der Waals surface area (Å²) >= 11 is 0. The van der Waals surface area contributed by atoms with Crippen molar-refractivity contribution in [1.82, 2.24) is 9.55 Å². The number of aryl methyl sites for hydroxylation is 1. The van der Waals surface area contributed by atoms with Crippen LogP contribution in [-0.2, 0) is 11.2 Å². The second-order valence-corrected chi connectivity index (χ2v) is 9.01. The molecule has 0 spiro atoms. The van der Waals surface area contributed by atoms with Crippen molar-refractivity contribution in [3.8, 4) is 17.2 Å². The molecular formula is C27H22F2N3NaO4. The van der Waals surface area contributed by atoms with Crippen molar-refractivity contribution in [3.05, 3.63) is 77.1 Å². The number of nitrogens with zero attached hydrogens (tertiary/aromatic N) is 2. The van der Waals surface area contributed by atoms with Gasteiger partial charge in [0, 0.05) is 53.3 Å². The van der Waals surface area contributed by atoms with Crippen LogP contribution in [0.2, 0.25) is 0 Å². The molecule has 10 heteroatoms. The minimum absolute atomic E-state index is 0. The number of anilines is 1. The molecule has 0 amide bonds. The molecule has 0 saturated heterocycles. The molecule has 3 heterocycles. The van der Waals surface area contributed by atoms with Gasteiger partial charge in [-0.3, -0.25) is 4.57 Å². The van der Waals surface area contributed by atoms with Gasteiger partial charge in [0.2, 0.25) is 0 Å². The molecule has 2 aliphatic heterocycles. The van der Waals surface area contributed by atoms with Gasteiger partial charge in [0.15, 0.2) is 5.82 Å². The van der Waals surface area contributed by atoms with Gasteiger partial charge in [-0.1, -0.05) is 25.1 Å². The smallest absolute Gasteiger partial charge is 0.550 e. The predicted molar refractivity (Wildman–Crippen MR) is 127 cm³/mol. The minimum Gasteiger partial charge on any atom is -0.550 e. The van der Waals surface area contributed by atoms with Gasteiger partial charge in [0.05, 0.1) is 23.9 Å². The number of imidazole rings is 1. The van der Waals surface area contributed by atoms with Crippen molar-refractivity contribution >= 4 is 22.7 Å². The van der Waals surface area contributed by atoms with E-state index in [4.69, 9.17) is 9.47 Å². The number of aliphatic carboxylic acids is 1. The van der Waals surface area contributed by atoms with Crippen molar-refractivity contribution in [2.75, 3.05) is 18.5 Å². The normalized spacial score (nSPS) is 17.5. The summed E-state index contributed by atoms with van der Waals surface area (Å²) in [6, 6.07) is 13.3. The van der Waals surface area contributed by atoms with Crippen LogP contribution in [-0.4, -0.2) is 28.7 Å². The van der Waals surface area contributed by atoms with Crippen molar-refractivity contribution in [3.63, 3.8) is 0 Å². The number of benzene rings is 3. The Morgan fingerprint density at radius 1 is 1.14 bits per heavy atom. The summed E-state index contributed by atoms with van der Waals surface area (Å²) in [5, 5.41) is 14.5. The topological polar surface area (TPSA) is 88.4 Å². The van der Waals surface area contributed by atoms with Gasteiger partial charge in [0.25, 0.3) is 0 Å². The Morgan fingerprint density at radius 2 is 1.97 bits per heavy atom. The van der Waals surface area contributed by atoms with Crippen molar-refractivity contribution in [2.24, 2.45) is 0 Å². The first kappa shape index (κ1) is 25.5. The average molecular weight is 513 g/mol. The molecule has 1 aromatic heterocycles. The Bertz CT molecular complexity index is 1520. The van der Waals surface area contributed by atoms with Crippen LogP contribution in [0.4, 0.5) is 14.5 Å². The van der Waals surface area contributed by atoms with Crippen LogP contribution in [0.15, 0.2) is 48.5 Å². The molecule has 2 atom stereocenters. The van der Waals surface area contributed by atoms with E-state index >= 15 is 0 Å². The van der Waals surface area contributed by atoms with Crippen LogP contribution in [0, 0.1) is 11.6 Å². The first-order chi connectivity index (χ1) is 17.4. The van der Waals surface area contributed by atoms with Crippen molar-refractivity contribution in [2.45, 2.75) is 31.7 Å². The maximum atomic E-state index is 14.5. The molecular weight excluding hydrogens is 491 g/mol. The molecule has 0 aliphatic carbocycles. The van der Waals surface area contributed by atoms with Crippen LogP contribution in [0.3, 0.4) is 0 Å². The third-order valence-electron chi connectivity index (χ3n) is 6.75. The molecule has 0 bridgehead atoms. The number of rotatable bonds is 6. The molecule has 6 rings (SSSR count). The number of para-hydroxylation sites is 1. The fraction of sp³-hybridized carbons (Fsp3) is 0.259. The third-order valence-corrected chi connectivity index (χ3v) is 6.75. The van der Waals surface area contributed by atoms with Gasteiger partial charge in [-0.15, -0.1) is 0 Å². The summed E-state index contributed by atoms with van der Waals surface area (Å²) < 4.78 is 42.1. The molecule has 3 aromatic carbocycles. The summed E-state index contributed by atoms with van der Waals surface area (Å²) in [5.74, 6) is -0.809. The summed E-state index contributed by atoms with van der Waals surface area (Å²) in [7, 11) is 0. The first-order valence-corrected chi connectivity index (χ1v) is 11.8. The maximum Gasteiger partial charge on any atom is 1.00 e. The van der Waals surface area contributed by atoms with E-state index in [1.54, 1.807) is 4.57 Å². The summed E-state index contributed by atoms with van der Waals surface area (Å²) in [6.07, 6.45) is 0.442. The molecule has 7 nitrogen and oxygen atoms in total. The number of hydrogen-bond acceptors (Lipinski definition) is 6. The number of carboxylic acid groups (broad SMARTS) is 1. The van der Waals surface area contributed by atoms with E-state index in [1.165, 1.54) is 6.07 Å². The molecule has 0 unspecified atom stereocenters.